The molecule has 0 unspecified atom stereocenters. The third-order valence-corrected chi connectivity index (χ3v) is 6.23. The van der Waals surface area contributed by atoms with Gasteiger partial charge in [-0.2, -0.15) is 0 Å². The van der Waals surface area contributed by atoms with Gasteiger partial charge in [-0.25, -0.2) is 9.97 Å². The van der Waals surface area contributed by atoms with Crippen molar-refractivity contribution >= 4 is 28.8 Å². The Balaban J connectivity index is 1.26. The van der Waals surface area contributed by atoms with E-state index in [2.05, 4.69) is 31.2 Å². The van der Waals surface area contributed by atoms with Crippen LogP contribution in [0.2, 0.25) is 0 Å². The van der Waals surface area contributed by atoms with Crippen LogP contribution in [-0.4, -0.2) is 54.2 Å². The van der Waals surface area contributed by atoms with E-state index in [1.165, 1.54) is 0 Å². The van der Waals surface area contributed by atoms with E-state index >= 15 is 0 Å². The lowest BCUT2D eigenvalue weighted by Crippen LogP contribution is -2.36. The van der Waals surface area contributed by atoms with Crippen molar-refractivity contribution < 1.29 is 9.53 Å². The standard InChI is InChI=1S/C27H28N6O2/c1-19-3-4-21(26-28-11-12-29-26)17-24(19)31-27(34)20-5-7-22(8-6-20)32(2)25-10-9-23(18-30-25)33-13-15-35-16-14-33/h3-12,17-18H,13-16H2,1-2H3,(H,28,29)(H,31,34). The zero-order valence-electron chi connectivity index (χ0n) is 19.9. The molecule has 2 aromatic heterocycles. The van der Waals surface area contributed by atoms with Crippen LogP contribution in [0.3, 0.4) is 0 Å². The topological polar surface area (TPSA) is 86.4 Å². The second-order valence-corrected chi connectivity index (χ2v) is 8.50. The third-order valence-electron chi connectivity index (χ3n) is 6.23. The summed E-state index contributed by atoms with van der Waals surface area (Å²) in [5.74, 6) is 1.44. The SMILES string of the molecule is Cc1ccc(-c2ncc[nH]2)cc1NC(=O)c1ccc(N(C)c2ccc(N3CCOCC3)cn2)cc1. The van der Waals surface area contributed by atoms with Crippen LogP contribution in [0, 0.1) is 6.92 Å². The summed E-state index contributed by atoms with van der Waals surface area (Å²) < 4.78 is 5.42. The van der Waals surface area contributed by atoms with E-state index in [1.54, 1.807) is 12.4 Å². The Kier molecular flexibility index (Phi) is 6.45. The average molecular weight is 469 g/mol. The van der Waals surface area contributed by atoms with Crippen molar-refractivity contribution in [3.8, 4) is 11.4 Å². The van der Waals surface area contributed by atoms with E-state index in [1.807, 2.05) is 73.6 Å². The first-order chi connectivity index (χ1) is 17.1. The first kappa shape index (κ1) is 22.6. The van der Waals surface area contributed by atoms with Crippen LogP contribution < -0.4 is 15.1 Å². The van der Waals surface area contributed by atoms with E-state index in [9.17, 15) is 4.79 Å². The summed E-state index contributed by atoms with van der Waals surface area (Å²) in [6, 6.07) is 17.5. The summed E-state index contributed by atoms with van der Waals surface area (Å²) in [5.41, 5.74) is 5.29. The highest BCUT2D eigenvalue weighted by molar-refractivity contribution is 6.05. The minimum Gasteiger partial charge on any atom is -0.378 e. The Labute approximate surface area is 204 Å². The summed E-state index contributed by atoms with van der Waals surface area (Å²) in [5, 5.41) is 3.03. The molecular formula is C27H28N6O2. The molecule has 0 radical (unpaired) electrons. The number of aryl methyl sites for hydroxylation is 1. The van der Waals surface area contributed by atoms with Crippen molar-refractivity contribution in [1.29, 1.82) is 0 Å². The molecule has 5 rings (SSSR count). The van der Waals surface area contributed by atoms with Gasteiger partial charge in [-0.1, -0.05) is 12.1 Å². The number of amides is 1. The molecule has 0 aliphatic carbocycles. The lowest BCUT2D eigenvalue weighted by molar-refractivity contribution is 0.102. The zero-order chi connectivity index (χ0) is 24.2. The van der Waals surface area contributed by atoms with Crippen LogP contribution >= 0.6 is 0 Å². The second-order valence-electron chi connectivity index (χ2n) is 8.50. The molecule has 0 bridgehead atoms. The van der Waals surface area contributed by atoms with Gasteiger partial charge >= 0.3 is 0 Å². The van der Waals surface area contributed by atoms with E-state index in [-0.39, 0.29) is 5.91 Å². The predicted octanol–water partition coefficient (Wildman–Crippen LogP) is 4.64. The number of hydrogen-bond acceptors (Lipinski definition) is 6. The maximum atomic E-state index is 12.9. The Morgan fingerprint density at radius 1 is 1.06 bits per heavy atom. The molecule has 8 nitrogen and oxygen atoms in total. The number of nitrogens with zero attached hydrogens (tertiary/aromatic N) is 4. The number of aromatic amines is 1. The quantitative estimate of drug-likeness (QED) is 0.429. The molecule has 1 fully saturated rings. The Morgan fingerprint density at radius 3 is 2.54 bits per heavy atom. The Bertz CT molecular complexity index is 1280. The number of ether oxygens (including phenoxy) is 1. The number of benzene rings is 2. The van der Waals surface area contributed by atoms with Crippen molar-refractivity contribution in [2.45, 2.75) is 6.92 Å². The highest BCUT2D eigenvalue weighted by atomic mass is 16.5. The first-order valence-electron chi connectivity index (χ1n) is 11.6. The molecule has 1 aliphatic rings. The monoisotopic (exact) mass is 468 g/mol. The van der Waals surface area contributed by atoms with E-state index < -0.39 is 0 Å². The summed E-state index contributed by atoms with van der Waals surface area (Å²) in [6.07, 6.45) is 5.39. The fraction of sp³-hybridized carbons (Fsp3) is 0.222. The van der Waals surface area contributed by atoms with E-state index in [0.29, 0.717) is 5.56 Å². The number of imidazole rings is 1. The largest absolute Gasteiger partial charge is 0.378 e. The van der Waals surface area contributed by atoms with E-state index in [4.69, 9.17) is 4.74 Å². The van der Waals surface area contributed by atoms with Crippen molar-refractivity contribution in [1.82, 2.24) is 15.0 Å². The summed E-state index contributed by atoms with van der Waals surface area (Å²) >= 11 is 0. The maximum Gasteiger partial charge on any atom is 0.255 e. The molecular weight excluding hydrogens is 440 g/mol. The van der Waals surface area contributed by atoms with Gasteiger partial charge in [0.2, 0.25) is 0 Å². The molecule has 2 aromatic carbocycles. The number of nitrogens with one attached hydrogen (secondary N) is 2. The maximum absolute atomic E-state index is 12.9. The minimum atomic E-state index is -0.160. The Hall–Kier alpha value is -4.17. The van der Waals surface area contributed by atoms with E-state index in [0.717, 1.165) is 66.1 Å². The second kappa shape index (κ2) is 9.99. The molecule has 1 aliphatic heterocycles. The molecule has 178 valence electrons. The van der Waals surface area contributed by atoms with Gasteiger partial charge in [0.25, 0.3) is 5.91 Å². The van der Waals surface area contributed by atoms with Gasteiger partial charge in [0.15, 0.2) is 0 Å². The lowest BCUT2D eigenvalue weighted by atomic mass is 10.1. The van der Waals surface area contributed by atoms with Gasteiger partial charge in [0, 0.05) is 55.0 Å². The molecule has 0 atom stereocenters. The number of H-pyrrole nitrogens is 1. The number of carbonyl (C=O) groups excluding carboxylic acids is 1. The van der Waals surface area contributed by atoms with Gasteiger partial charge in [0.1, 0.15) is 11.6 Å². The zero-order valence-corrected chi connectivity index (χ0v) is 19.9. The van der Waals surface area contributed by atoms with Crippen LogP contribution in [0.4, 0.5) is 22.9 Å². The molecule has 8 heteroatoms. The van der Waals surface area contributed by atoms with Gasteiger partial charge in [0.05, 0.1) is 25.1 Å². The molecule has 0 saturated carbocycles. The lowest BCUT2D eigenvalue weighted by Gasteiger charge is -2.29. The summed E-state index contributed by atoms with van der Waals surface area (Å²) in [6.45, 7) is 5.23. The van der Waals surface area contributed by atoms with Crippen molar-refractivity contribution in [2.24, 2.45) is 0 Å². The van der Waals surface area contributed by atoms with Crippen LogP contribution in [0.5, 0.6) is 0 Å². The van der Waals surface area contributed by atoms with Gasteiger partial charge in [-0.3, -0.25) is 4.79 Å². The highest BCUT2D eigenvalue weighted by Gasteiger charge is 2.14. The number of anilines is 4. The number of pyridine rings is 1. The number of morpholine rings is 1. The van der Waals surface area contributed by atoms with Crippen molar-refractivity contribution in [3.63, 3.8) is 0 Å². The number of aromatic nitrogens is 3. The predicted molar refractivity (Wildman–Crippen MR) is 138 cm³/mol. The van der Waals surface area contributed by atoms with Crippen molar-refractivity contribution in [2.75, 3.05) is 48.5 Å². The molecule has 3 heterocycles. The number of carbonyl (C=O) groups is 1. The molecule has 0 spiro atoms. The average Bonchev–Trinajstić information content (AvgIpc) is 3.45. The summed E-state index contributed by atoms with van der Waals surface area (Å²) in [7, 11) is 1.97. The molecule has 1 saturated heterocycles. The van der Waals surface area contributed by atoms with Crippen LogP contribution in [0.1, 0.15) is 15.9 Å². The molecule has 35 heavy (non-hydrogen) atoms. The number of hydrogen-bond donors (Lipinski definition) is 2. The number of rotatable bonds is 6. The molecule has 4 aromatic rings. The fourth-order valence-electron chi connectivity index (χ4n) is 4.08. The van der Waals surface area contributed by atoms with Crippen LogP contribution in [-0.2, 0) is 4.74 Å². The van der Waals surface area contributed by atoms with Crippen LogP contribution in [0.25, 0.3) is 11.4 Å². The van der Waals surface area contributed by atoms with Gasteiger partial charge in [-0.15, -0.1) is 0 Å². The smallest absolute Gasteiger partial charge is 0.255 e. The fourth-order valence-corrected chi connectivity index (χ4v) is 4.08. The normalized spacial score (nSPS) is 13.5. The molecule has 2 N–H and O–H groups in total. The first-order valence-corrected chi connectivity index (χ1v) is 11.6. The minimum absolute atomic E-state index is 0.160. The van der Waals surface area contributed by atoms with Gasteiger partial charge < -0.3 is 24.8 Å². The van der Waals surface area contributed by atoms with Crippen LogP contribution in [0.15, 0.2) is 73.2 Å². The summed E-state index contributed by atoms with van der Waals surface area (Å²) in [4.78, 5) is 29.2. The van der Waals surface area contributed by atoms with Gasteiger partial charge in [-0.05, 0) is 55.0 Å². The third kappa shape index (κ3) is 5.02. The highest BCUT2D eigenvalue weighted by Crippen LogP contribution is 2.26. The van der Waals surface area contributed by atoms with Crippen molar-refractivity contribution in [3.05, 3.63) is 84.3 Å². The Morgan fingerprint density at radius 2 is 1.86 bits per heavy atom. The molecule has 1 amide bonds.